The molecule has 0 saturated heterocycles. The van der Waals surface area contributed by atoms with Crippen molar-refractivity contribution in [3.8, 4) is 22.1 Å². The Morgan fingerprint density at radius 2 is 1.89 bits per heavy atom. The van der Waals surface area contributed by atoms with Gasteiger partial charge in [0, 0.05) is 5.56 Å². The number of nitrogens with one attached hydrogen (secondary N) is 1. The number of methoxy groups -OCH3 is 1. The molecule has 1 atom stereocenters. The average Bonchev–Trinajstić information content (AvgIpc) is 3.17. The van der Waals surface area contributed by atoms with Gasteiger partial charge in [-0.25, -0.2) is 0 Å². The molecule has 3 rings (SSSR count). The number of anilines is 1. The molecule has 1 aromatic heterocycles. The lowest BCUT2D eigenvalue weighted by molar-refractivity contribution is -0.122. The van der Waals surface area contributed by atoms with Crippen molar-refractivity contribution in [3.05, 3.63) is 53.6 Å². The highest BCUT2D eigenvalue weighted by Gasteiger charge is 2.21. The molecule has 1 amide bonds. The molecule has 0 bridgehead atoms. The third-order valence-corrected chi connectivity index (χ3v) is 5.16. The summed E-state index contributed by atoms with van der Waals surface area (Å²) in [4.78, 5) is 12.7. The monoisotopic (exact) mass is 397 g/mol. The predicted molar refractivity (Wildman–Crippen MR) is 111 cm³/mol. The molecule has 0 aliphatic rings. The number of amides is 1. The summed E-state index contributed by atoms with van der Waals surface area (Å²) in [7, 11) is 1.62. The van der Waals surface area contributed by atoms with Crippen LogP contribution in [0.3, 0.4) is 0 Å². The maximum absolute atomic E-state index is 12.7. The summed E-state index contributed by atoms with van der Waals surface area (Å²) >= 11 is 1.32. The zero-order valence-electron chi connectivity index (χ0n) is 16.4. The highest BCUT2D eigenvalue weighted by Crippen LogP contribution is 2.28. The molecular formula is C21H23N3O3S. The van der Waals surface area contributed by atoms with Gasteiger partial charge in [-0.15, -0.1) is 10.2 Å². The predicted octanol–water partition coefficient (Wildman–Crippen LogP) is 4.63. The van der Waals surface area contributed by atoms with Gasteiger partial charge >= 0.3 is 0 Å². The molecule has 1 N–H and O–H groups in total. The summed E-state index contributed by atoms with van der Waals surface area (Å²) in [5.74, 6) is 1.26. The van der Waals surface area contributed by atoms with Crippen molar-refractivity contribution in [2.75, 3.05) is 12.4 Å². The summed E-state index contributed by atoms with van der Waals surface area (Å²) in [6, 6.07) is 13.5. The van der Waals surface area contributed by atoms with Crippen LogP contribution in [0.1, 0.15) is 24.5 Å². The number of benzene rings is 2. The fraction of sp³-hybridized carbons (Fsp3) is 0.286. The Bertz CT molecular complexity index is 954. The van der Waals surface area contributed by atoms with E-state index in [4.69, 9.17) is 9.47 Å². The Labute approximate surface area is 168 Å². The minimum atomic E-state index is -0.603. The Hall–Kier alpha value is -2.93. The minimum absolute atomic E-state index is 0.235. The van der Waals surface area contributed by atoms with Crippen molar-refractivity contribution in [1.82, 2.24) is 10.2 Å². The van der Waals surface area contributed by atoms with Gasteiger partial charge < -0.3 is 9.47 Å². The first-order valence-electron chi connectivity index (χ1n) is 9.03. The number of hydrogen-bond acceptors (Lipinski definition) is 6. The second-order valence-corrected chi connectivity index (χ2v) is 7.39. The Balaban J connectivity index is 1.69. The molecule has 0 saturated carbocycles. The van der Waals surface area contributed by atoms with Gasteiger partial charge in [0.05, 0.1) is 7.11 Å². The van der Waals surface area contributed by atoms with Crippen LogP contribution in [0, 0.1) is 13.8 Å². The molecule has 7 heteroatoms. The largest absolute Gasteiger partial charge is 0.497 e. The summed E-state index contributed by atoms with van der Waals surface area (Å²) < 4.78 is 11.1. The summed E-state index contributed by atoms with van der Waals surface area (Å²) in [6.45, 7) is 5.87. The van der Waals surface area contributed by atoms with Gasteiger partial charge in [-0.2, -0.15) is 0 Å². The third-order valence-electron chi connectivity index (χ3n) is 4.27. The lowest BCUT2D eigenvalue weighted by Gasteiger charge is -2.18. The van der Waals surface area contributed by atoms with Crippen LogP contribution in [-0.2, 0) is 4.79 Å². The van der Waals surface area contributed by atoms with E-state index in [9.17, 15) is 4.79 Å². The third kappa shape index (κ3) is 4.67. The number of hydrogen-bond donors (Lipinski definition) is 1. The molecule has 0 aliphatic carbocycles. The van der Waals surface area contributed by atoms with E-state index < -0.39 is 6.10 Å². The van der Waals surface area contributed by atoms with E-state index in [2.05, 4.69) is 15.5 Å². The van der Waals surface area contributed by atoms with Gasteiger partial charge in [0.2, 0.25) is 5.13 Å². The fourth-order valence-electron chi connectivity index (χ4n) is 2.62. The van der Waals surface area contributed by atoms with Gasteiger partial charge in [-0.1, -0.05) is 30.4 Å². The van der Waals surface area contributed by atoms with Crippen LogP contribution in [-0.4, -0.2) is 29.3 Å². The molecule has 28 heavy (non-hydrogen) atoms. The van der Waals surface area contributed by atoms with E-state index in [-0.39, 0.29) is 5.91 Å². The fourth-order valence-corrected chi connectivity index (χ4v) is 3.37. The zero-order valence-corrected chi connectivity index (χ0v) is 17.2. The molecule has 0 aliphatic heterocycles. The van der Waals surface area contributed by atoms with Crippen molar-refractivity contribution in [1.29, 1.82) is 0 Å². The molecule has 2 aromatic carbocycles. The van der Waals surface area contributed by atoms with Crippen LogP contribution in [0.4, 0.5) is 5.13 Å². The lowest BCUT2D eigenvalue weighted by Crippen LogP contribution is -2.32. The number of aryl methyl sites for hydroxylation is 2. The molecule has 146 valence electrons. The Kier molecular flexibility index (Phi) is 6.26. The first-order valence-corrected chi connectivity index (χ1v) is 9.84. The van der Waals surface area contributed by atoms with Gasteiger partial charge in [-0.3, -0.25) is 10.1 Å². The van der Waals surface area contributed by atoms with Crippen LogP contribution < -0.4 is 14.8 Å². The average molecular weight is 398 g/mol. The van der Waals surface area contributed by atoms with Crippen LogP contribution in [0.2, 0.25) is 0 Å². The number of carbonyl (C=O) groups excluding carboxylic acids is 1. The van der Waals surface area contributed by atoms with Gasteiger partial charge in [0.15, 0.2) is 6.10 Å². The van der Waals surface area contributed by atoms with Crippen molar-refractivity contribution in [2.45, 2.75) is 33.3 Å². The van der Waals surface area contributed by atoms with Crippen LogP contribution >= 0.6 is 11.3 Å². The maximum atomic E-state index is 12.7. The highest BCUT2D eigenvalue weighted by molar-refractivity contribution is 7.18. The zero-order chi connectivity index (χ0) is 20.1. The molecule has 6 nitrogen and oxygen atoms in total. The van der Waals surface area contributed by atoms with Crippen molar-refractivity contribution in [3.63, 3.8) is 0 Å². The van der Waals surface area contributed by atoms with E-state index >= 15 is 0 Å². The molecular weight excluding hydrogens is 374 g/mol. The number of rotatable bonds is 7. The summed E-state index contributed by atoms with van der Waals surface area (Å²) in [5, 5.41) is 12.2. The van der Waals surface area contributed by atoms with Crippen molar-refractivity contribution >= 4 is 22.4 Å². The SMILES string of the molecule is CC[C@H](Oc1cc(C)ccc1C)C(=O)Nc1nnc(-c2ccc(OC)cc2)s1. The molecule has 3 aromatic rings. The van der Waals surface area contributed by atoms with Gasteiger partial charge in [0.1, 0.15) is 16.5 Å². The first kappa shape index (κ1) is 19.8. The maximum Gasteiger partial charge on any atom is 0.267 e. The highest BCUT2D eigenvalue weighted by atomic mass is 32.1. The van der Waals surface area contributed by atoms with E-state index in [1.54, 1.807) is 7.11 Å². The molecule has 0 unspecified atom stereocenters. The van der Waals surface area contributed by atoms with Gasteiger partial charge in [0.25, 0.3) is 5.91 Å². The van der Waals surface area contributed by atoms with E-state index in [0.29, 0.717) is 11.6 Å². The standard InChI is InChI=1S/C21H23N3O3S/c1-5-17(27-18-12-13(2)6-7-14(18)3)19(25)22-21-24-23-20(28-21)15-8-10-16(26-4)11-9-15/h6-12,17H,5H2,1-4H3,(H,22,24,25)/t17-/m0/s1. The van der Waals surface area contributed by atoms with E-state index in [0.717, 1.165) is 33.2 Å². The first-order chi connectivity index (χ1) is 13.5. The summed E-state index contributed by atoms with van der Waals surface area (Å²) in [5.41, 5.74) is 3.00. The Morgan fingerprint density at radius 1 is 1.14 bits per heavy atom. The number of ether oxygens (including phenoxy) is 2. The van der Waals surface area contributed by atoms with E-state index in [1.165, 1.54) is 11.3 Å². The van der Waals surface area contributed by atoms with Crippen molar-refractivity contribution in [2.24, 2.45) is 0 Å². The lowest BCUT2D eigenvalue weighted by atomic mass is 10.1. The quantitative estimate of drug-likeness (QED) is 0.629. The smallest absolute Gasteiger partial charge is 0.267 e. The normalized spacial score (nSPS) is 11.7. The molecule has 0 spiro atoms. The van der Waals surface area contributed by atoms with E-state index in [1.807, 2.05) is 63.2 Å². The number of nitrogens with zero attached hydrogens (tertiary/aromatic N) is 2. The van der Waals surface area contributed by atoms with Crippen LogP contribution in [0.5, 0.6) is 11.5 Å². The number of aromatic nitrogens is 2. The van der Waals surface area contributed by atoms with Crippen LogP contribution in [0.15, 0.2) is 42.5 Å². The topological polar surface area (TPSA) is 73.3 Å². The molecule has 0 radical (unpaired) electrons. The Morgan fingerprint density at radius 3 is 2.57 bits per heavy atom. The molecule has 0 fully saturated rings. The minimum Gasteiger partial charge on any atom is -0.497 e. The van der Waals surface area contributed by atoms with Gasteiger partial charge in [-0.05, 0) is 61.7 Å². The summed E-state index contributed by atoms with van der Waals surface area (Å²) in [6.07, 6.45) is -0.0579. The molecule has 1 heterocycles. The van der Waals surface area contributed by atoms with Crippen LogP contribution in [0.25, 0.3) is 10.6 Å². The second kappa shape index (κ2) is 8.84. The van der Waals surface area contributed by atoms with Crippen molar-refractivity contribution < 1.29 is 14.3 Å². The number of carbonyl (C=O) groups is 1. The second-order valence-electron chi connectivity index (χ2n) is 6.41.